The Kier molecular flexibility index (Phi) is 14.2. The maximum Gasteiger partial charge on any atom is 0.376 e. The number of carbonyl (C=O) groups is 1. The van der Waals surface area contributed by atoms with Crippen LogP contribution in [0.2, 0.25) is 20.5 Å². The molecule has 26 heavy (non-hydrogen) atoms. The molecule has 0 saturated carbocycles. The zero-order valence-corrected chi connectivity index (χ0v) is 16.6. The van der Waals surface area contributed by atoms with Crippen molar-refractivity contribution in [3.05, 3.63) is 0 Å². The van der Waals surface area contributed by atoms with E-state index in [0.29, 0.717) is 45.7 Å². The number of hydrogen-bond acceptors (Lipinski definition) is 8. The monoisotopic (exact) mass is 370 g/mol. The molecule has 0 heterocycles. The van der Waals surface area contributed by atoms with Gasteiger partial charge in [-0.2, -0.15) is 0 Å². The Labute approximate surface area is 159 Å². The predicted octanol–water partition coefficient (Wildman–Crippen LogP) is -3.15. The van der Waals surface area contributed by atoms with E-state index in [1.807, 2.05) is 4.81 Å². The molecule has 0 aromatic heterocycles. The predicted molar refractivity (Wildman–Crippen MR) is 110 cm³/mol. The number of aliphatic hydroxyl groups is 1. The van der Waals surface area contributed by atoms with Crippen molar-refractivity contribution in [3.8, 4) is 0 Å². The first-order valence-corrected chi connectivity index (χ1v) is 9.28. The Bertz CT molecular complexity index is 382. The molecule has 0 aliphatic rings. The Morgan fingerprint density at radius 3 is 2.00 bits per heavy atom. The summed E-state index contributed by atoms with van der Waals surface area (Å²) in [4.78, 5) is 15.4. The summed E-state index contributed by atoms with van der Waals surface area (Å²) >= 11 is 0. The molecule has 0 fully saturated rings. The second-order valence-corrected chi connectivity index (χ2v) is 6.73. The van der Waals surface area contributed by atoms with Crippen molar-refractivity contribution in [2.75, 3.05) is 45.9 Å². The summed E-state index contributed by atoms with van der Waals surface area (Å²) in [6.07, 6.45) is 0.515. The molecule has 0 aromatic carbocycles. The van der Waals surface area contributed by atoms with Gasteiger partial charge in [-0.25, -0.2) is 0 Å². The third-order valence-corrected chi connectivity index (χ3v) is 4.14. The highest BCUT2D eigenvalue weighted by Gasteiger charge is 2.23. The van der Waals surface area contributed by atoms with Crippen molar-refractivity contribution < 1.29 is 25.0 Å². The molecule has 0 spiro atoms. The molecule has 0 aliphatic heterocycles. The number of amides is 1. The van der Waals surface area contributed by atoms with Crippen LogP contribution in [0.25, 0.3) is 0 Å². The first kappa shape index (κ1) is 25.4. The first-order chi connectivity index (χ1) is 12.2. The van der Waals surface area contributed by atoms with Crippen LogP contribution in [0.3, 0.4) is 0 Å². The maximum atomic E-state index is 11.9. The highest BCUT2D eigenvalue weighted by molar-refractivity contribution is 6.56. The van der Waals surface area contributed by atoms with Crippen molar-refractivity contribution in [2.24, 2.45) is 5.92 Å². The maximum absolute atomic E-state index is 11.9. The van der Waals surface area contributed by atoms with E-state index in [1.165, 1.54) is 7.85 Å². The summed E-state index contributed by atoms with van der Waals surface area (Å²) in [7, 11) is -0.426. The minimum atomic E-state index is -0.672. The summed E-state index contributed by atoms with van der Waals surface area (Å²) in [6, 6.07) is 0. The summed E-state index contributed by atoms with van der Waals surface area (Å²) in [5.74, 6) is -0.0729. The van der Waals surface area contributed by atoms with Crippen LogP contribution in [0.1, 0.15) is 6.42 Å². The van der Waals surface area contributed by atoms with E-state index in [-0.39, 0.29) is 18.3 Å². The summed E-state index contributed by atoms with van der Waals surface area (Å²) < 4.78 is 0. The van der Waals surface area contributed by atoms with E-state index in [2.05, 4.69) is 10.5 Å². The number of nitrogens with zero attached hydrogens (tertiary/aromatic N) is 2. The number of rotatable bonds is 15. The van der Waals surface area contributed by atoms with E-state index in [1.54, 1.807) is 25.4 Å². The molecule has 0 saturated heterocycles. The van der Waals surface area contributed by atoms with Gasteiger partial charge in [-0.05, 0) is 45.9 Å². The zero-order chi connectivity index (χ0) is 20.1. The van der Waals surface area contributed by atoms with Gasteiger partial charge >= 0.3 is 21.2 Å². The Hall–Kier alpha value is -0.550. The lowest BCUT2D eigenvalue weighted by Gasteiger charge is -2.32. The van der Waals surface area contributed by atoms with Crippen LogP contribution in [0, 0.1) is 5.92 Å². The van der Waals surface area contributed by atoms with E-state index in [0.717, 1.165) is 0 Å². The van der Waals surface area contributed by atoms with Crippen LogP contribution < -0.4 is 10.5 Å². The molecule has 0 bridgehead atoms. The van der Waals surface area contributed by atoms with E-state index >= 15 is 0 Å². The van der Waals surface area contributed by atoms with Crippen molar-refractivity contribution in [1.82, 2.24) is 20.2 Å². The van der Waals surface area contributed by atoms with Gasteiger partial charge in [0, 0.05) is 32.8 Å². The molecule has 6 N–H and O–H groups in total. The van der Waals surface area contributed by atoms with Crippen LogP contribution in [0.5, 0.6) is 0 Å². The fourth-order valence-electron chi connectivity index (χ4n) is 2.70. The van der Waals surface area contributed by atoms with Gasteiger partial charge in [0.1, 0.15) is 0 Å². The molecule has 13 heteroatoms. The van der Waals surface area contributed by atoms with Crippen LogP contribution in [-0.2, 0) is 0 Å². The average Bonchev–Trinajstić information content (AvgIpc) is 2.51. The molecule has 1 amide bonds. The quantitative estimate of drug-likeness (QED) is 0.167. The second kappa shape index (κ2) is 14.5. The molecular weight excluding hydrogens is 335 g/mol. The smallest absolute Gasteiger partial charge is 0.376 e. The SMILES string of the molecule is BC(=O)N(CCNB(C)O)CC(CCO)CN(CCNB(C)O)B(C)O. The van der Waals surface area contributed by atoms with Crippen LogP contribution in [-0.4, -0.2) is 111 Å². The standard InChI is InChI=1S/C13H34B4N4O5/c1-15(24)18-5-7-20(13(14)23)10-12(4-9-22)11-21(17(3)26)8-6-19-16(2)25/h12,18-19,22,24-26H,4-11,14H2,1-3H3. The number of nitrogens with one attached hydrogen (secondary N) is 2. The highest BCUT2D eigenvalue weighted by Crippen LogP contribution is 2.10. The zero-order valence-electron chi connectivity index (χ0n) is 16.6. The molecule has 148 valence electrons. The normalized spacial score (nSPS) is 12.2. The minimum Gasteiger partial charge on any atom is -0.437 e. The molecule has 0 radical (unpaired) electrons. The highest BCUT2D eigenvalue weighted by atomic mass is 16.3. The van der Waals surface area contributed by atoms with E-state index < -0.39 is 21.2 Å². The van der Waals surface area contributed by atoms with Crippen LogP contribution >= 0.6 is 0 Å². The number of aliphatic hydroxyl groups excluding tert-OH is 1. The second-order valence-electron chi connectivity index (χ2n) is 6.73. The van der Waals surface area contributed by atoms with Gasteiger partial charge in [0.05, 0.1) is 0 Å². The van der Waals surface area contributed by atoms with Crippen molar-refractivity contribution >= 4 is 34.8 Å². The van der Waals surface area contributed by atoms with E-state index in [4.69, 9.17) is 0 Å². The average molecular weight is 370 g/mol. The molecular formula is C13H34B4N4O5. The largest absolute Gasteiger partial charge is 0.437 e. The third-order valence-electron chi connectivity index (χ3n) is 4.14. The van der Waals surface area contributed by atoms with E-state index in [9.17, 15) is 25.0 Å². The van der Waals surface area contributed by atoms with Gasteiger partial charge in [0.2, 0.25) is 7.85 Å². The van der Waals surface area contributed by atoms with Gasteiger partial charge < -0.3 is 40.3 Å². The Balaban J connectivity index is 4.73. The van der Waals surface area contributed by atoms with Gasteiger partial charge in [-0.15, -0.1) is 0 Å². The topological polar surface area (TPSA) is 129 Å². The number of carbonyl (C=O) groups excluding carboxylic acids is 1. The van der Waals surface area contributed by atoms with Crippen LogP contribution in [0.15, 0.2) is 0 Å². The summed E-state index contributed by atoms with van der Waals surface area (Å²) in [6.45, 7) is 7.90. The first-order valence-electron chi connectivity index (χ1n) is 9.28. The van der Waals surface area contributed by atoms with Crippen molar-refractivity contribution in [1.29, 1.82) is 0 Å². The Morgan fingerprint density at radius 2 is 1.58 bits per heavy atom. The summed E-state index contributed by atoms with van der Waals surface area (Å²) in [5.41, 5.74) is 0. The van der Waals surface area contributed by atoms with Gasteiger partial charge in [0.15, 0.2) is 5.81 Å². The van der Waals surface area contributed by atoms with Gasteiger partial charge in [-0.1, -0.05) is 0 Å². The van der Waals surface area contributed by atoms with Gasteiger partial charge in [-0.3, -0.25) is 4.79 Å². The molecule has 0 aliphatic carbocycles. The fourth-order valence-corrected chi connectivity index (χ4v) is 2.70. The third kappa shape index (κ3) is 12.7. The lowest BCUT2D eigenvalue weighted by Crippen LogP contribution is -2.49. The molecule has 1 atom stereocenters. The molecule has 0 rings (SSSR count). The lowest BCUT2D eigenvalue weighted by atomic mass is 9.82. The fraction of sp³-hybridized carbons (Fsp3) is 0.923. The Morgan fingerprint density at radius 1 is 1.04 bits per heavy atom. The van der Waals surface area contributed by atoms with Crippen molar-refractivity contribution in [2.45, 2.75) is 26.9 Å². The number of hydrogen-bond donors (Lipinski definition) is 6. The van der Waals surface area contributed by atoms with Crippen molar-refractivity contribution in [3.63, 3.8) is 0 Å². The van der Waals surface area contributed by atoms with Crippen LogP contribution in [0.4, 0.5) is 4.79 Å². The molecule has 9 nitrogen and oxygen atoms in total. The molecule has 0 aromatic rings. The minimum absolute atomic E-state index is 0.00189. The molecule has 1 unspecified atom stereocenters. The van der Waals surface area contributed by atoms with Gasteiger partial charge in [0.25, 0.3) is 0 Å². The summed E-state index contributed by atoms with van der Waals surface area (Å²) in [5, 5.41) is 43.7. The lowest BCUT2D eigenvalue weighted by molar-refractivity contribution is 0.180.